The minimum atomic E-state index is -3.71. The van der Waals surface area contributed by atoms with Crippen molar-refractivity contribution in [2.75, 3.05) is 4.72 Å². The molecule has 0 radical (unpaired) electrons. The number of anilines is 1. The third-order valence-corrected chi connectivity index (χ3v) is 6.46. The van der Waals surface area contributed by atoms with Gasteiger partial charge in [-0.3, -0.25) is 4.72 Å². The number of sulfonamides is 1. The van der Waals surface area contributed by atoms with Crippen LogP contribution < -0.4 is 14.2 Å². The van der Waals surface area contributed by atoms with Crippen molar-refractivity contribution in [3.05, 3.63) is 120 Å². The molecule has 6 heteroatoms. The van der Waals surface area contributed by atoms with Gasteiger partial charge in [-0.25, -0.2) is 8.42 Å². The summed E-state index contributed by atoms with van der Waals surface area (Å²) >= 11 is 0. The average Bonchev–Trinajstić information content (AvgIpc) is 3.21. The molecule has 1 aliphatic heterocycles. The lowest BCUT2D eigenvalue weighted by Crippen LogP contribution is -2.36. The van der Waals surface area contributed by atoms with Crippen LogP contribution in [0.25, 0.3) is 0 Å². The van der Waals surface area contributed by atoms with Crippen molar-refractivity contribution in [1.29, 1.82) is 0 Å². The molecular formula is C25H19NO4S. The summed E-state index contributed by atoms with van der Waals surface area (Å²) in [6, 6.07) is 32.6. The smallest absolute Gasteiger partial charge is 0.305 e. The van der Waals surface area contributed by atoms with Crippen molar-refractivity contribution in [2.24, 2.45) is 0 Å². The highest BCUT2D eigenvalue weighted by molar-refractivity contribution is 7.92. The molecule has 0 aromatic heterocycles. The van der Waals surface area contributed by atoms with Gasteiger partial charge in [0.2, 0.25) is 0 Å². The van der Waals surface area contributed by atoms with Crippen LogP contribution in [0.2, 0.25) is 0 Å². The molecule has 5 rings (SSSR count). The van der Waals surface area contributed by atoms with Crippen LogP contribution in [-0.2, 0) is 15.8 Å². The van der Waals surface area contributed by atoms with Crippen LogP contribution in [-0.4, -0.2) is 8.42 Å². The fourth-order valence-corrected chi connectivity index (χ4v) is 4.67. The molecule has 0 bridgehead atoms. The van der Waals surface area contributed by atoms with E-state index in [1.807, 2.05) is 60.7 Å². The van der Waals surface area contributed by atoms with E-state index in [1.165, 1.54) is 0 Å². The van der Waals surface area contributed by atoms with Gasteiger partial charge in [-0.2, -0.15) is 0 Å². The number of ether oxygens (including phenoxy) is 2. The lowest BCUT2D eigenvalue weighted by molar-refractivity contribution is -0.0458. The van der Waals surface area contributed by atoms with Crippen LogP contribution in [0, 0.1) is 0 Å². The number of nitrogens with one attached hydrogen (secondary N) is 1. The maximum Gasteiger partial charge on any atom is 0.305 e. The third-order valence-electron chi connectivity index (χ3n) is 5.06. The predicted molar refractivity (Wildman–Crippen MR) is 119 cm³/mol. The zero-order chi connectivity index (χ0) is 21.3. The maximum absolute atomic E-state index is 12.7. The Bertz CT molecular complexity index is 1270. The van der Waals surface area contributed by atoms with E-state index in [0.717, 1.165) is 11.1 Å². The summed E-state index contributed by atoms with van der Waals surface area (Å²) < 4.78 is 40.7. The number of hydrogen-bond donors (Lipinski definition) is 1. The van der Waals surface area contributed by atoms with Gasteiger partial charge < -0.3 is 9.47 Å². The molecule has 0 unspecified atom stereocenters. The molecule has 0 saturated heterocycles. The first kappa shape index (κ1) is 19.2. The van der Waals surface area contributed by atoms with E-state index in [-0.39, 0.29) is 4.90 Å². The van der Waals surface area contributed by atoms with E-state index in [2.05, 4.69) is 4.72 Å². The topological polar surface area (TPSA) is 64.6 Å². The second-order valence-electron chi connectivity index (χ2n) is 7.13. The van der Waals surface area contributed by atoms with E-state index >= 15 is 0 Å². The predicted octanol–water partition coefficient (Wildman–Crippen LogP) is 5.16. The van der Waals surface area contributed by atoms with Gasteiger partial charge in [-0.05, 0) is 24.3 Å². The minimum absolute atomic E-state index is 0.190. The molecule has 0 fully saturated rings. The molecule has 1 aliphatic rings. The molecule has 4 aromatic carbocycles. The van der Waals surface area contributed by atoms with Crippen molar-refractivity contribution in [3.8, 4) is 11.5 Å². The largest absolute Gasteiger partial charge is 0.440 e. The van der Waals surface area contributed by atoms with Crippen LogP contribution in [0.3, 0.4) is 0 Å². The average molecular weight is 429 g/mol. The van der Waals surface area contributed by atoms with Crippen molar-refractivity contribution in [3.63, 3.8) is 0 Å². The highest BCUT2D eigenvalue weighted by atomic mass is 32.2. The van der Waals surface area contributed by atoms with Crippen molar-refractivity contribution in [1.82, 2.24) is 0 Å². The van der Waals surface area contributed by atoms with Gasteiger partial charge in [0.05, 0.1) is 10.6 Å². The molecule has 31 heavy (non-hydrogen) atoms. The molecule has 1 N–H and O–H groups in total. The van der Waals surface area contributed by atoms with Gasteiger partial charge in [0.15, 0.2) is 11.5 Å². The quantitative estimate of drug-likeness (QED) is 0.476. The molecule has 0 aliphatic carbocycles. The Labute approximate surface area is 180 Å². The molecule has 154 valence electrons. The lowest BCUT2D eigenvalue weighted by atomic mass is 9.97. The summed E-state index contributed by atoms with van der Waals surface area (Å²) in [5.74, 6) is -0.154. The third kappa shape index (κ3) is 3.51. The number of hydrogen-bond acceptors (Lipinski definition) is 4. The Morgan fingerprint density at radius 3 is 1.71 bits per heavy atom. The summed E-state index contributed by atoms with van der Waals surface area (Å²) in [5.41, 5.74) is 2.07. The summed E-state index contributed by atoms with van der Waals surface area (Å²) in [6.45, 7) is 0. The van der Waals surface area contributed by atoms with Crippen LogP contribution in [0.4, 0.5) is 5.69 Å². The summed E-state index contributed by atoms with van der Waals surface area (Å²) in [5, 5.41) is 0. The van der Waals surface area contributed by atoms with E-state index < -0.39 is 15.8 Å². The molecule has 0 spiro atoms. The molecule has 1 heterocycles. The maximum atomic E-state index is 12.7. The summed E-state index contributed by atoms with van der Waals surface area (Å²) in [7, 11) is -3.71. The normalized spacial score (nSPS) is 14.2. The molecule has 4 aromatic rings. The van der Waals surface area contributed by atoms with Gasteiger partial charge in [0.25, 0.3) is 10.0 Å². The summed E-state index contributed by atoms with van der Waals surface area (Å²) in [6.07, 6.45) is 0. The van der Waals surface area contributed by atoms with E-state index in [4.69, 9.17) is 9.47 Å². The zero-order valence-corrected chi connectivity index (χ0v) is 17.3. The highest BCUT2D eigenvalue weighted by Crippen LogP contribution is 2.48. The Kier molecular flexibility index (Phi) is 4.64. The van der Waals surface area contributed by atoms with Gasteiger partial charge in [-0.15, -0.1) is 0 Å². The molecule has 0 amide bonds. The Morgan fingerprint density at radius 2 is 1.13 bits per heavy atom. The van der Waals surface area contributed by atoms with Gasteiger partial charge in [-0.1, -0.05) is 78.9 Å². The second-order valence-corrected chi connectivity index (χ2v) is 8.82. The number of benzene rings is 4. The Balaban J connectivity index is 1.52. The van der Waals surface area contributed by atoms with Crippen molar-refractivity contribution < 1.29 is 17.9 Å². The number of fused-ring (bicyclic) bond motifs is 1. The lowest BCUT2D eigenvalue weighted by Gasteiger charge is -2.28. The first-order valence-corrected chi connectivity index (χ1v) is 11.3. The van der Waals surface area contributed by atoms with Crippen LogP contribution >= 0.6 is 0 Å². The monoisotopic (exact) mass is 429 g/mol. The van der Waals surface area contributed by atoms with E-state index in [1.54, 1.807) is 48.5 Å². The minimum Gasteiger partial charge on any atom is -0.440 e. The SMILES string of the molecule is O=S(=O)(Nc1ccc2c(c1)OC(c1ccccc1)(c1ccccc1)O2)c1ccccc1. The Hall–Kier alpha value is -3.77. The second kappa shape index (κ2) is 7.49. The van der Waals surface area contributed by atoms with Gasteiger partial charge >= 0.3 is 5.79 Å². The van der Waals surface area contributed by atoms with Crippen molar-refractivity contribution >= 4 is 15.7 Å². The fourth-order valence-electron chi connectivity index (χ4n) is 3.60. The van der Waals surface area contributed by atoms with Crippen LogP contribution in [0.15, 0.2) is 114 Å². The summed E-state index contributed by atoms with van der Waals surface area (Å²) in [4.78, 5) is 0.190. The zero-order valence-electron chi connectivity index (χ0n) is 16.4. The Morgan fingerprint density at radius 1 is 0.613 bits per heavy atom. The fraction of sp³-hybridized carbons (Fsp3) is 0.0400. The molecular weight excluding hydrogens is 410 g/mol. The number of rotatable bonds is 5. The molecule has 0 saturated carbocycles. The standard InChI is InChI=1S/C25H19NO4S/c27-31(28,22-14-8-3-9-15-22)26-21-16-17-23-24(18-21)30-25(29-23,19-10-4-1-5-11-19)20-12-6-2-7-13-20/h1-18,26H. The van der Waals surface area contributed by atoms with Crippen molar-refractivity contribution in [2.45, 2.75) is 10.7 Å². The molecule has 0 atom stereocenters. The first-order valence-electron chi connectivity index (χ1n) is 9.78. The first-order chi connectivity index (χ1) is 15.1. The molecule has 5 nitrogen and oxygen atoms in total. The van der Waals surface area contributed by atoms with Gasteiger partial charge in [0, 0.05) is 17.2 Å². The van der Waals surface area contributed by atoms with Crippen LogP contribution in [0.5, 0.6) is 11.5 Å². The van der Waals surface area contributed by atoms with E-state index in [9.17, 15) is 8.42 Å². The van der Waals surface area contributed by atoms with E-state index in [0.29, 0.717) is 17.2 Å². The highest BCUT2D eigenvalue weighted by Gasteiger charge is 2.45. The van der Waals surface area contributed by atoms with Gasteiger partial charge in [0.1, 0.15) is 0 Å². The van der Waals surface area contributed by atoms with Crippen LogP contribution in [0.1, 0.15) is 11.1 Å².